The third-order valence-corrected chi connectivity index (χ3v) is 5.59. The Bertz CT molecular complexity index is 793. The molecule has 2 aromatic carbocycles. The summed E-state index contributed by atoms with van der Waals surface area (Å²) in [6, 6.07) is 19.0. The molecular weight excluding hydrogens is 322 g/mol. The van der Waals surface area contributed by atoms with E-state index in [4.69, 9.17) is 4.74 Å². The van der Waals surface area contributed by atoms with Gasteiger partial charge in [0.1, 0.15) is 11.6 Å². The summed E-state index contributed by atoms with van der Waals surface area (Å²) in [5, 5.41) is 3.65. The van der Waals surface area contributed by atoms with Crippen LogP contribution in [-0.2, 0) is 16.0 Å². The van der Waals surface area contributed by atoms with Crippen LogP contribution >= 0.6 is 0 Å². The molecule has 136 valence electrons. The van der Waals surface area contributed by atoms with Crippen molar-refractivity contribution in [3.8, 4) is 0 Å². The van der Waals surface area contributed by atoms with Gasteiger partial charge in [0.15, 0.2) is 0 Å². The van der Waals surface area contributed by atoms with Crippen molar-refractivity contribution < 1.29 is 9.53 Å². The van der Waals surface area contributed by atoms with Gasteiger partial charge in [-0.25, -0.2) is 0 Å². The number of aryl methyl sites for hydroxylation is 1. The first-order valence-electron chi connectivity index (χ1n) is 9.56. The average molecular weight is 349 g/mol. The Morgan fingerprint density at radius 3 is 2.46 bits per heavy atom. The van der Waals surface area contributed by atoms with Crippen molar-refractivity contribution in [3.63, 3.8) is 0 Å². The molecule has 3 nitrogen and oxygen atoms in total. The lowest BCUT2D eigenvalue weighted by Gasteiger charge is -2.31. The van der Waals surface area contributed by atoms with Crippen LogP contribution in [0.3, 0.4) is 0 Å². The standard InChI is InChI=1S/C23H27NO2/c1-23(2,3)26-22(25)21-19(16-10-5-4-6-11-16)18-14-13-15-9-7-8-12-17(15)20(18)24-21/h4-12,18-21,24H,13-14H2,1-3H3/t18-,19-,20+,21-/m1/s1. The van der Waals surface area contributed by atoms with Crippen LogP contribution in [0.15, 0.2) is 54.6 Å². The van der Waals surface area contributed by atoms with Crippen molar-refractivity contribution in [2.75, 3.05) is 0 Å². The summed E-state index contributed by atoms with van der Waals surface area (Å²) < 4.78 is 5.77. The van der Waals surface area contributed by atoms with E-state index in [9.17, 15) is 4.79 Å². The maximum atomic E-state index is 13.0. The van der Waals surface area contributed by atoms with E-state index in [0.29, 0.717) is 5.92 Å². The van der Waals surface area contributed by atoms with Crippen LogP contribution in [-0.4, -0.2) is 17.6 Å². The maximum absolute atomic E-state index is 13.0. The summed E-state index contributed by atoms with van der Waals surface area (Å²) in [5.41, 5.74) is 3.49. The van der Waals surface area contributed by atoms with Gasteiger partial charge in [-0.15, -0.1) is 0 Å². The molecule has 2 aromatic rings. The summed E-state index contributed by atoms with van der Waals surface area (Å²) in [7, 11) is 0. The number of rotatable bonds is 2. The van der Waals surface area contributed by atoms with Gasteiger partial charge in [0.25, 0.3) is 0 Å². The third-order valence-electron chi connectivity index (χ3n) is 5.59. The van der Waals surface area contributed by atoms with Gasteiger partial charge in [-0.3, -0.25) is 10.1 Å². The summed E-state index contributed by atoms with van der Waals surface area (Å²) in [4.78, 5) is 13.0. The molecule has 0 bridgehead atoms. The molecule has 4 atom stereocenters. The molecular formula is C23H27NO2. The normalized spacial score (nSPS) is 27.5. The van der Waals surface area contributed by atoms with Gasteiger partial charge in [0.05, 0.1) is 0 Å². The number of benzene rings is 2. The number of ether oxygens (including phenoxy) is 1. The molecule has 2 aliphatic rings. The van der Waals surface area contributed by atoms with Crippen molar-refractivity contribution in [2.24, 2.45) is 5.92 Å². The molecule has 0 aromatic heterocycles. The minimum atomic E-state index is -0.480. The van der Waals surface area contributed by atoms with Gasteiger partial charge in [-0.1, -0.05) is 54.6 Å². The molecule has 1 fully saturated rings. The average Bonchev–Trinajstić information content (AvgIpc) is 3.01. The highest BCUT2D eigenvalue weighted by atomic mass is 16.6. The predicted octanol–water partition coefficient (Wildman–Crippen LogP) is 4.39. The molecule has 0 radical (unpaired) electrons. The van der Waals surface area contributed by atoms with Crippen molar-refractivity contribution in [2.45, 2.75) is 57.2 Å². The van der Waals surface area contributed by atoms with Crippen LogP contribution in [0.4, 0.5) is 0 Å². The Labute approximate surface area is 155 Å². The van der Waals surface area contributed by atoms with Gasteiger partial charge < -0.3 is 4.74 Å². The lowest BCUT2D eigenvalue weighted by Crippen LogP contribution is -2.40. The van der Waals surface area contributed by atoms with E-state index in [-0.39, 0.29) is 24.0 Å². The molecule has 0 unspecified atom stereocenters. The molecule has 26 heavy (non-hydrogen) atoms. The molecule has 1 N–H and O–H groups in total. The molecule has 3 heteroatoms. The molecule has 0 spiro atoms. The first-order chi connectivity index (χ1) is 12.4. The summed E-state index contributed by atoms with van der Waals surface area (Å²) >= 11 is 0. The number of nitrogens with one attached hydrogen (secondary N) is 1. The Hall–Kier alpha value is -2.13. The monoisotopic (exact) mass is 349 g/mol. The lowest BCUT2D eigenvalue weighted by atomic mass is 9.73. The van der Waals surface area contributed by atoms with Gasteiger partial charge in [-0.05, 0) is 56.2 Å². The van der Waals surface area contributed by atoms with Gasteiger partial charge in [-0.2, -0.15) is 0 Å². The van der Waals surface area contributed by atoms with Crippen molar-refractivity contribution in [3.05, 3.63) is 71.3 Å². The summed E-state index contributed by atoms with van der Waals surface area (Å²) in [6.07, 6.45) is 2.16. The van der Waals surface area contributed by atoms with E-state index in [2.05, 4.69) is 53.8 Å². The zero-order valence-corrected chi connectivity index (χ0v) is 15.7. The molecule has 1 saturated heterocycles. The Morgan fingerprint density at radius 2 is 1.73 bits per heavy atom. The number of hydrogen-bond acceptors (Lipinski definition) is 3. The fourth-order valence-corrected chi connectivity index (χ4v) is 4.62. The van der Waals surface area contributed by atoms with Crippen LogP contribution in [0.25, 0.3) is 0 Å². The van der Waals surface area contributed by atoms with Crippen LogP contribution < -0.4 is 5.32 Å². The third kappa shape index (κ3) is 3.16. The fourth-order valence-electron chi connectivity index (χ4n) is 4.62. The molecule has 0 amide bonds. The number of fused-ring (bicyclic) bond motifs is 3. The second-order valence-electron chi connectivity index (χ2n) is 8.49. The Kier molecular flexibility index (Phi) is 4.36. The van der Waals surface area contributed by atoms with Gasteiger partial charge in [0.2, 0.25) is 0 Å². The highest BCUT2D eigenvalue weighted by molar-refractivity contribution is 5.78. The van der Waals surface area contributed by atoms with Crippen LogP contribution in [0.1, 0.15) is 55.8 Å². The topological polar surface area (TPSA) is 38.3 Å². The SMILES string of the molecule is CC(C)(C)OC(=O)[C@@H]1N[C@H]2c3ccccc3CC[C@@H]2[C@H]1c1ccccc1. The van der Waals surface area contributed by atoms with E-state index in [1.54, 1.807) is 0 Å². The van der Waals surface area contributed by atoms with Crippen LogP contribution in [0.5, 0.6) is 0 Å². The van der Waals surface area contributed by atoms with Crippen molar-refractivity contribution >= 4 is 5.97 Å². The second-order valence-corrected chi connectivity index (χ2v) is 8.49. The Morgan fingerprint density at radius 1 is 1.04 bits per heavy atom. The van der Waals surface area contributed by atoms with E-state index in [1.165, 1.54) is 16.7 Å². The van der Waals surface area contributed by atoms with Gasteiger partial charge in [0, 0.05) is 12.0 Å². The molecule has 0 saturated carbocycles. The highest BCUT2D eigenvalue weighted by Crippen LogP contribution is 2.49. The zero-order chi connectivity index (χ0) is 18.3. The largest absolute Gasteiger partial charge is 0.459 e. The minimum Gasteiger partial charge on any atom is -0.459 e. The smallest absolute Gasteiger partial charge is 0.324 e. The number of esters is 1. The van der Waals surface area contributed by atoms with E-state index in [0.717, 1.165) is 12.8 Å². The summed E-state index contributed by atoms with van der Waals surface area (Å²) in [6.45, 7) is 5.79. The first kappa shape index (κ1) is 17.3. The number of carbonyl (C=O) groups is 1. The van der Waals surface area contributed by atoms with E-state index < -0.39 is 5.60 Å². The van der Waals surface area contributed by atoms with Crippen molar-refractivity contribution in [1.29, 1.82) is 0 Å². The zero-order valence-electron chi connectivity index (χ0n) is 15.7. The quantitative estimate of drug-likeness (QED) is 0.817. The molecule has 4 rings (SSSR count). The predicted molar refractivity (Wildman–Crippen MR) is 103 cm³/mol. The second kappa shape index (κ2) is 6.55. The van der Waals surface area contributed by atoms with E-state index in [1.807, 2.05) is 26.8 Å². The highest BCUT2D eigenvalue weighted by Gasteiger charge is 2.49. The number of hydrogen-bond donors (Lipinski definition) is 1. The Balaban J connectivity index is 1.72. The number of carbonyl (C=O) groups excluding carboxylic acids is 1. The first-order valence-corrected chi connectivity index (χ1v) is 9.56. The summed E-state index contributed by atoms with van der Waals surface area (Å²) in [5.74, 6) is 0.410. The maximum Gasteiger partial charge on any atom is 0.324 e. The van der Waals surface area contributed by atoms with Gasteiger partial charge >= 0.3 is 5.97 Å². The van der Waals surface area contributed by atoms with Crippen molar-refractivity contribution in [1.82, 2.24) is 5.32 Å². The van der Waals surface area contributed by atoms with Crippen LogP contribution in [0.2, 0.25) is 0 Å². The van der Waals surface area contributed by atoms with Crippen LogP contribution in [0, 0.1) is 5.92 Å². The van der Waals surface area contributed by atoms with E-state index >= 15 is 0 Å². The fraction of sp³-hybridized carbons (Fsp3) is 0.435. The lowest BCUT2D eigenvalue weighted by molar-refractivity contribution is -0.157. The molecule has 1 aliphatic heterocycles. The minimum absolute atomic E-state index is 0.141. The molecule has 1 heterocycles. The molecule has 1 aliphatic carbocycles.